The van der Waals surface area contributed by atoms with E-state index >= 15 is 0 Å². The van der Waals surface area contributed by atoms with Crippen LogP contribution in [0.15, 0.2) is 36.8 Å². The Hall–Kier alpha value is -3.21. The quantitative estimate of drug-likeness (QED) is 0.271. The minimum atomic E-state index is -1.04. The third kappa shape index (κ3) is 5.41. The lowest BCUT2D eigenvalue weighted by molar-refractivity contribution is 0.0734. The van der Waals surface area contributed by atoms with Gasteiger partial charge >= 0.3 is 0 Å². The van der Waals surface area contributed by atoms with Crippen molar-refractivity contribution in [2.24, 2.45) is 0 Å². The molecule has 0 spiro atoms. The molecule has 1 aliphatic rings. The summed E-state index contributed by atoms with van der Waals surface area (Å²) in [6.45, 7) is 10.0. The molecule has 5 rings (SSSR count). The van der Waals surface area contributed by atoms with Crippen LogP contribution in [-0.4, -0.2) is 53.5 Å². The zero-order valence-corrected chi connectivity index (χ0v) is 22.4. The molecule has 1 fully saturated rings. The lowest BCUT2D eigenvalue weighted by Crippen LogP contribution is -2.35. The van der Waals surface area contributed by atoms with Gasteiger partial charge in [0.2, 0.25) is 5.95 Å². The molecule has 0 radical (unpaired) electrons. The second-order valence-electron chi connectivity index (χ2n) is 10.3. The van der Waals surface area contributed by atoms with Crippen molar-refractivity contribution >= 4 is 34.5 Å². The Bertz CT molecular complexity index is 1380. The second kappa shape index (κ2) is 10.3. The molecule has 0 bridgehead atoms. The van der Waals surface area contributed by atoms with E-state index in [-0.39, 0.29) is 6.04 Å². The lowest BCUT2D eigenvalue weighted by Gasteiger charge is -2.24. The van der Waals surface area contributed by atoms with Crippen molar-refractivity contribution in [2.75, 3.05) is 23.7 Å². The van der Waals surface area contributed by atoms with Crippen LogP contribution in [0.4, 0.5) is 11.8 Å². The van der Waals surface area contributed by atoms with Crippen molar-refractivity contribution in [3.8, 4) is 5.69 Å². The molecule has 37 heavy (non-hydrogen) atoms. The van der Waals surface area contributed by atoms with E-state index in [1.807, 2.05) is 36.8 Å². The minimum absolute atomic E-state index is 0.208. The van der Waals surface area contributed by atoms with Gasteiger partial charge in [-0.2, -0.15) is 15.1 Å². The van der Waals surface area contributed by atoms with E-state index in [9.17, 15) is 5.11 Å². The van der Waals surface area contributed by atoms with Crippen molar-refractivity contribution in [1.82, 2.24) is 34.6 Å². The van der Waals surface area contributed by atoms with E-state index in [4.69, 9.17) is 21.6 Å². The first kappa shape index (κ1) is 25.4. The number of hydrogen-bond donors (Lipinski definition) is 4. The van der Waals surface area contributed by atoms with Gasteiger partial charge in [-0.25, -0.2) is 9.67 Å². The van der Waals surface area contributed by atoms with Gasteiger partial charge in [-0.05, 0) is 71.8 Å². The van der Waals surface area contributed by atoms with Gasteiger partial charge in [0.05, 0.1) is 17.7 Å². The van der Waals surface area contributed by atoms with Crippen LogP contribution in [0.1, 0.15) is 57.8 Å². The summed E-state index contributed by atoms with van der Waals surface area (Å²) in [6.07, 6.45) is 5.68. The smallest absolute Gasteiger partial charge is 0.227 e. The number of anilines is 2. The van der Waals surface area contributed by atoms with Gasteiger partial charge in [0, 0.05) is 35.4 Å². The summed E-state index contributed by atoms with van der Waals surface area (Å²) < 4.78 is 3.79. The van der Waals surface area contributed by atoms with Crippen LogP contribution in [-0.2, 0) is 12.1 Å². The maximum Gasteiger partial charge on any atom is 0.227 e. The van der Waals surface area contributed by atoms with Gasteiger partial charge in [0.15, 0.2) is 17.0 Å². The summed E-state index contributed by atoms with van der Waals surface area (Å²) in [5, 5.41) is 25.9. The van der Waals surface area contributed by atoms with Crippen molar-refractivity contribution in [2.45, 2.75) is 64.8 Å². The highest BCUT2D eigenvalue weighted by Crippen LogP contribution is 2.28. The summed E-state index contributed by atoms with van der Waals surface area (Å²) in [7, 11) is 0. The molecular weight excluding hydrogens is 490 g/mol. The van der Waals surface area contributed by atoms with Crippen LogP contribution in [0.3, 0.4) is 0 Å². The Labute approximate surface area is 221 Å². The third-order valence-corrected chi connectivity index (χ3v) is 6.99. The van der Waals surface area contributed by atoms with Gasteiger partial charge in [-0.3, -0.25) is 0 Å². The molecule has 0 unspecified atom stereocenters. The van der Waals surface area contributed by atoms with E-state index in [1.165, 1.54) is 0 Å². The predicted octanol–water partition coefficient (Wildman–Crippen LogP) is 4.25. The number of nitrogens with one attached hydrogen (secondary N) is 3. The molecule has 0 aliphatic carbocycles. The SMILES string of the molecule is CC(C)n1cnc2c(NCc3c(Cl)cccc3-n3ccc(C(C)(C)O)n3)nc(NC3CCNCC3)nc21. The first-order valence-corrected chi connectivity index (χ1v) is 13.1. The van der Waals surface area contributed by atoms with Crippen LogP contribution in [0.25, 0.3) is 16.9 Å². The molecular formula is C26H34ClN9O. The fourth-order valence-corrected chi connectivity index (χ4v) is 4.76. The van der Waals surface area contributed by atoms with E-state index < -0.39 is 5.60 Å². The largest absolute Gasteiger partial charge is 0.384 e. The molecule has 4 heterocycles. The number of imidazole rings is 1. The Morgan fingerprint density at radius 2 is 1.97 bits per heavy atom. The first-order valence-electron chi connectivity index (χ1n) is 12.7. The van der Waals surface area contributed by atoms with Crippen molar-refractivity contribution in [3.63, 3.8) is 0 Å². The van der Waals surface area contributed by atoms with Crippen LogP contribution >= 0.6 is 11.6 Å². The number of benzene rings is 1. The number of rotatable bonds is 8. The highest BCUT2D eigenvalue weighted by molar-refractivity contribution is 6.31. The normalized spacial score (nSPS) is 15.0. The molecule has 1 saturated heterocycles. The molecule has 0 amide bonds. The molecule has 196 valence electrons. The first-order chi connectivity index (χ1) is 17.7. The number of aromatic nitrogens is 6. The fourth-order valence-electron chi connectivity index (χ4n) is 4.52. The summed E-state index contributed by atoms with van der Waals surface area (Å²) in [6, 6.07) is 8.04. The van der Waals surface area contributed by atoms with E-state index in [2.05, 4.69) is 44.4 Å². The number of nitrogens with zero attached hydrogens (tertiary/aromatic N) is 6. The Balaban J connectivity index is 1.48. The zero-order chi connectivity index (χ0) is 26.2. The third-order valence-electron chi connectivity index (χ3n) is 6.64. The number of hydrogen-bond acceptors (Lipinski definition) is 8. The molecule has 1 aromatic carbocycles. The topological polar surface area (TPSA) is 118 Å². The average Bonchev–Trinajstić information content (AvgIpc) is 3.52. The monoisotopic (exact) mass is 523 g/mol. The summed E-state index contributed by atoms with van der Waals surface area (Å²) >= 11 is 6.66. The van der Waals surface area contributed by atoms with Crippen molar-refractivity contribution in [1.29, 1.82) is 0 Å². The molecule has 0 atom stereocenters. The Kier molecular flexibility index (Phi) is 7.06. The molecule has 1 aliphatic heterocycles. The summed E-state index contributed by atoms with van der Waals surface area (Å²) in [4.78, 5) is 14.3. The zero-order valence-electron chi connectivity index (χ0n) is 21.7. The maximum absolute atomic E-state index is 10.4. The fraction of sp³-hybridized carbons (Fsp3) is 0.462. The summed E-state index contributed by atoms with van der Waals surface area (Å²) in [5.74, 6) is 1.23. The van der Waals surface area contributed by atoms with Crippen LogP contribution in [0.5, 0.6) is 0 Å². The van der Waals surface area contributed by atoms with Crippen molar-refractivity contribution in [3.05, 3.63) is 53.1 Å². The molecule has 0 saturated carbocycles. The highest BCUT2D eigenvalue weighted by atomic mass is 35.5. The van der Waals surface area contributed by atoms with E-state index in [0.29, 0.717) is 40.6 Å². The van der Waals surface area contributed by atoms with Crippen LogP contribution in [0.2, 0.25) is 5.02 Å². The molecule has 3 aromatic heterocycles. The predicted molar refractivity (Wildman–Crippen MR) is 146 cm³/mol. The van der Waals surface area contributed by atoms with Crippen LogP contribution < -0.4 is 16.0 Å². The van der Waals surface area contributed by atoms with Crippen LogP contribution in [0, 0.1) is 0 Å². The van der Waals surface area contributed by atoms with E-state index in [1.54, 1.807) is 18.5 Å². The average molecular weight is 524 g/mol. The maximum atomic E-state index is 10.4. The second-order valence-corrected chi connectivity index (χ2v) is 10.7. The number of piperidine rings is 1. The van der Waals surface area contributed by atoms with Gasteiger partial charge in [0.1, 0.15) is 5.60 Å². The molecule has 4 N–H and O–H groups in total. The molecule has 10 nitrogen and oxygen atoms in total. The lowest BCUT2D eigenvalue weighted by atomic mass is 10.1. The van der Waals surface area contributed by atoms with Crippen molar-refractivity contribution < 1.29 is 5.11 Å². The van der Waals surface area contributed by atoms with E-state index in [0.717, 1.165) is 42.8 Å². The number of fused-ring (bicyclic) bond motifs is 1. The summed E-state index contributed by atoms with van der Waals surface area (Å²) in [5.41, 5.74) is 2.71. The van der Waals surface area contributed by atoms with Gasteiger partial charge in [0.25, 0.3) is 0 Å². The Morgan fingerprint density at radius 3 is 2.68 bits per heavy atom. The minimum Gasteiger partial charge on any atom is -0.384 e. The Morgan fingerprint density at radius 1 is 1.19 bits per heavy atom. The van der Waals surface area contributed by atoms with Gasteiger partial charge in [-0.15, -0.1) is 0 Å². The highest BCUT2D eigenvalue weighted by Gasteiger charge is 2.22. The molecule has 11 heteroatoms. The van der Waals surface area contributed by atoms with Gasteiger partial charge < -0.3 is 25.6 Å². The van der Waals surface area contributed by atoms with Gasteiger partial charge in [-0.1, -0.05) is 17.7 Å². The standard InChI is InChI=1S/C26H34ClN9O/c1-16(2)35-15-30-22-23(32-25(33-24(22)35)31-17-8-11-28-12-9-17)29-14-18-19(27)6-5-7-20(18)36-13-10-21(34-36)26(3,4)37/h5-7,10,13,15-17,28,37H,8-9,11-12,14H2,1-4H3,(H2,29,31,32,33). The number of aliphatic hydroxyl groups is 1. The molecule has 4 aromatic rings. The number of halogens is 1.